The topological polar surface area (TPSA) is 89.4 Å². The quantitative estimate of drug-likeness (QED) is 0.230. The SMILES string of the molecule is CCOc1cc(/C=N\NC(=O)c2ccc(OC)cc2O)cc(I)c1OCc1ccccc1. The van der Waals surface area contributed by atoms with Crippen molar-refractivity contribution in [2.45, 2.75) is 13.5 Å². The van der Waals surface area contributed by atoms with Crippen LogP contribution in [0.2, 0.25) is 0 Å². The largest absolute Gasteiger partial charge is 0.507 e. The third-order valence-corrected chi connectivity index (χ3v) is 5.19. The Balaban J connectivity index is 1.72. The molecule has 3 aromatic carbocycles. The van der Waals surface area contributed by atoms with Gasteiger partial charge in [0.25, 0.3) is 5.91 Å². The number of halogens is 1. The third kappa shape index (κ3) is 6.13. The van der Waals surface area contributed by atoms with Gasteiger partial charge in [-0.15, -0.1) is 0 Å². The van der Waals surface area contributed by atoms with E-state index in [1.165, 1.54) is 25.5 Å². The van der Waals surface area contributed by atoms with Crippen molar-refractivity contribution in [1.29, 1.82) is 0 Å². The molecule has 0 saturated heterocycles. The van der Waals surface area contributed by atoms with Crippen LogP contribution in [0.1, 0.15) is 28.4 Å². The zero-order valence-corrected chi connectivity index (χ0v) is 19.8. The fourth-order valence-corrected chi connectivity index (χ4v) is 3.63. The summed E-state index contributed by atoms with van der Waals surface area (Å²) in [5.74, 6) is 0.973. The summed E-state index contributed by atoms with van der Waals surface area (Å²) in [7, 11) is 1.48. The lowest BCUT2D eigenvalue weighted by Gasteiger charge is -2.14. The minimum Gasteiger partial charge on any atom is -0.507 e. The molecule has 0 aliphatic carbocycles. The van der Waals surface area contributed by atoms with Crippen molar-refractivity contribution in [2.24, 2.45) is 5.10 Å². The summed E-state index contributed by atoms with van der Waals surface area (Å²) in [5.41, 5.74) is 4.29. The molecule has 3 aromatic rings. The van der Waals surface area contributed by atoms with Gasteiger partial charge in [0.2, 0.25) is 0 Å². The van der Waals surface area contributed by atoms with Gasteiger partial charge in [-0.25, -0.2) is 5.43 Å². The van der Waals surface area contributed by atoms with E-state index in [9.17, 15) is 9.90 Å². The predicted octanol–water partition coefficient (Wildman–Crippen LogP) is 4.75. The number of benzene rings is 3. The number of carbonyl (C=O) groups excluding carboxylic acids is 1. The van der Waals surface area contributed by atoms with Gasteiger partial charge >= 0.3 is 0 Å². The standard InChI is InChI=1S/C24H23IN2O5/c1-3-31-22-12-17(11-20(25)23(22)32-15-16-7-5-4-6-8-16)14-26-27-24(29)19-10-9-18(30-2)13-21(19)28/h4-14,28H,3,15H2,1-2H3,(H,27,29)/b26-14-. The van der Waals surface area contributed by atoms with Gasteiger partial charge in [0.05, 0.1) is 29.1 Å². The van der Waals surface area contributed by atoms with Crippen molar-refractivity contribution in [3.05, 3.63) is 80.9 Å². The average molecular weight is 546 g/mol. The molecule has 0 radical (unpaired) electrons. The first-order chi connectivity index (χ1) is 15.5. The fraction of sp³-hybridized carbons (Fsp3) is 0.167. The summed E-state index contributed by atoms with van der Waals surface area (Å²) < 4.78 is 17.6. The predicted molar refractivity (Wildman–Crippen MR) is 131 cm³/mol. The number of amides is 1. The summed E-state index contributed by atoms with van der Waals surface area (Å²) in [6.07, 6.45) is 1.50. The van der Waals surface area contributed by atoms with E-state index < -0.39 is 5.91 Å². The third-order valence-electron chi connectivity index (χ3n) is 4.39. The molecule has 8 heteroatoms. The van der Waals surface area contributed by atoms with E-state index >= 15 is 0 Å². The second-order valence-corrected chi connectivity index (χ2v) is 7.78. The maximum absolute atomic E-state index is 12.3. The first-order valence-electron chi connectivity index (χ1n) is 9.85. The van der Waals surface area contributed by atoms with Crippen LogP contribution in [0, 0.1) is 3.57 Å². The van der Waals surface area contributed by atoms with Crippen molar-refractivity contribution in [2.75, 3.05) is 13.7 Å². The molecule has 3 rings (SSSR count). The second-order valence-electron chi connectivity index (χ2n) is 6.62. The van der Waals surface area contributed by atoms with Crippen molar-refractivity contribution in [3.8, 4) is 23.0 Å². The van der Waals surface area contributed by atoms with Gasteiger partial charge in [-0.3, -0.25) is 4.79 Å². The molecule has 0 aromatic heterocycles. The monoisotopic (exact) mass is 546 g/mol. The van der Waals surface area contributed by atoms with Crippen LogP contribution >= 0.6 is 22.6 Å². The van der Waals surface area contributed by atoms with Crippen molar-refractivity contribution >= 4 is 34.7 Å². The van der Waals surface area contributed by atoms with Crippen LogP contribution in [0.3, 0.4) is 0 Å². The molecule has 0 fully saturated rings. The molecule has 2 N–H and O–H groups in total. The number of methoxy groups -OCH3 is 1. The van der Waals surface area contributed by atoms with Gasteiger partial charge in [-0.05, 0) is 64.9 Å². The van der Waals surface area contributed by atoms with Crippen LogP contribution in [-0.4, -0.2) is 30.9 Å². The fourth-order valence-electron chi connectivity index (χ4n) is 2.85. The zero-order valence-electron chi connectivity index (χ0n) is 17.7. The van der Waals surface area contributed by atoms with Crippen LogP contribution in [0.15, 0.2) is 65.8 Å². The van der Waals surface area contributed by atoms with E-state index in [1.807, 2.05) is 43.3 Å². The van der Waals surface area contributed by atoms with Gasteiger partial charge in [0.15, 0.2) is 11.5 Å². The van der Waals surface area contributed by atoms with Gasteiger partial charge in [-0.1, -0.05) is 30.3 Å². The van der Waals surface area contributed by atoms with Gasteiger partial charge in [0.1, 0.15) is 18.1 Å². The number of hydrogen-bond donors (Lipinski definition) is 2. The van der Waals surface area contributed by atoms with E-state index in [4.69, 9.17) is 14.2 Å². The number of ether oxygens (including phenoxy) is 3. The number of nitrogens with one attached hydrogen (secondary N) is 1. The number of phenolic OH excluding ortho intramolecular Hbond substituents is 1. The second kappa shape index (κ2) is 11.4. The van der Waals surface area contributed by atoms with Crippen LogP contribution in [0.4, 0.5) is 0 Å². The minimum absolute atomic E-state index is 0.0946. The zero-order chi connectivity index (χ0) is 22.9. The number of hydrogen-bond acceptors (Lipinski definition) is 6. The summed E-state index contributed by atoms with van der Waals surface area (Å²) >= 11 is 2.18. The number of hydrazone groups is 1. The summed E-state index contributed by atoms with van der Waals surface area (Å²) in [6.45, 7) is 2.80. The molecule has 0 atom stereocenters. The highest BCUT2D eigenvalue weighted by atomic mass is 127. The molecular formula is C24H23IN2O5. The lowest BCUT2D eigenvalue weighted by Crippen LogP contribution is -2.17. The molecular weight excluding hydrogens is 523 g/mol. The highest BCUT2D eigenvalue weighted by Crippen LogP contribution is 2.34. The molecule has 0 spiro atoms. The Morgan fingerprint density at radius 2 is 1.91 bits per heavy atom. The Kier molecular flexibility index (Phi) is 8.32. The number of carbonyl (C=O) groups is 1. The number of aromatic hydroxyl groups is 1. The summed E-state index contributed by atoms with van der Waals surface area (Å²) in [4.78, 5) is 12.3. The van der Waals surface area contributed by atoms with E-state index in [-0.39, 0.29) is 11.3 Å². The van der Waals surface area contributed by atoms with Crippen LogP contribution in [0.25, 0.3) is 0 Å². The molecule has 7 nitrogen and oxygen atoms in total. The van der Waals surface area contributed by atoms with E-state index in [2.05, 4.69) is 33.1 Å². The summed E-state index contributed by atoms with van der Waals surface area (Å²) in [5, 5.41) is 14.0. The molecule has 0 saturated carbocycles. The van der Waals surface area contributed by atoms with Crippen molar-refractivity contribution in [1.82, 2.24) is 5.43 Å². The van der Waals surface area contributed by atoms with E-state index in [0.29, 0.717) is 30.5 Å². The molecule has 0 heterocycles. The Bertz CT molecular complexity index is 1100. The van der Waals surface area contributed by atoms with E-state index in [0.717, 1.165) is 14.7 Å². The van der Waals surface area contributed by atoms with Crippen LogP contribution in [-0.2, 0) is 6.61 Å². The molecule has 166 valence electrons. The van der Waals surface area contributed by atoms with Gasteiger partial charge in [0, 0.05) is 6.07 Å². The maximum atomic E-state index is 12.3. The Labute approximate surface area is 200 Å². The summed E-state index contributed by atoms with van der Waals surface area (Å²) in [6, 6.07) is 18.0. The number of rotatable bonds is 9. The number of nitrogens with zero attached hydrogens (tertiary/aromatic N) is 1. The molecule has 0 aliphatic heterocycles. The Hall–Kier alpha value is -3.27. The molecule has 0 bridgehead atoms. The van der Waals surface area contributed by atoms with Gasteiger partial charge < -0.3 is 19.3 Å². The minimum atomic E-state index is -0.538. The normalized spacial score (nSPS) is 10.7. The van der Waals surface area contributed by atoms with Crippen LogP contribution in [0.5, 0.6) is 23.0 Å². The van der Waals surface area contributed by atoms with Crippen molar-refractivity contribution < 1.29 is 24.1 Å². The lowest BCUT2D eigenvalue weighted by atomic mass is 10.2. The highest BCUT2D eigenvalue weighted by Gasteiger charge is 2.13. The molecule has 1 amide bonds. The Morgan fingerprint density at radius 3 is 2.59 bits per heavy atom. The molecule has 0 unspecified atom stereocenters. The van der Waals surface area contributed by atoms with E-state index in [1.54, 1.807) is 12.1 Å². The lowest BCUT2D eigenvalue weighted by molar-refractivity contribution is 0.0952. The maximum Gasteiger partial charge on any atom is 0.275 e. The Morgan fingerprint density at radius 1 is 1.12 bits per heavy atom. The highest BCUT2D eigenvalue weighted by molar-refractivity contribution is 14.1. The van der Waals surface area contributed by atoms with Gasteiger partial charge in [-0.2, -0.15) is 5.10 Å². The molecule has 0 aliphatic rings. The molecule has 32 heavy (non-hydrogen) atoms. The first kappa shape index (κ1) is 23.4. The number of phenols is 1. The first-order valence-corrected chi connectivity index (χ1v) is 10.9. The van der Waals surface area contributed by atoms with Crippen molar-refractivity contribution in [3.63, 3.8) is 0 Å². The van der Waals surface area contributed by atoms with Crippen LogP contribution < -0.4 is 19.6 Å². The smallest absolute Gasteiger partial charge is 0.275 e. The average Bonchev–Trinajstić information content (AvgIpc) is 2.79.